The van der Waals surface area contributed by atoms with Crippen LogP contribution in [0.2, 0.25) is 0 Å². The molecule has 3 nitrogen and oxygen atoms in total. The third kappa shape index (κ3) is 1.12. The van der Waals surface area contributed by atoms with Crippen molar-refractivity contribution in [3.05, 3.63) is 36.9 Å². The Balaban J connectivity index is 2.24. The average molecular weight is 201 g/mol. The largest absolute Gasteiger partial charge is 0.440 e. The molecule has 2 heterocycles. The van der Waals surface area contributed by atoms with Gasteiger partial charge in [0, 0.05) is 0 Å². The number of thiazole rings is 1. The zero-order valence-electron chi connectivity index (χ0n) is 7.10. The van der Waals surface area contributed by atoms with E-state index in [1.165, 1.54) is 0 Å². The molecule has 0 N–H and O–H groups in total. The molecule has 14 heavy (non-hydrogen) atoms. The fourth-order valence-electron chi connectivity index (χ4n) is 1.26. The smallest absolute Gasteiger partial charge is 0.284 e. The molecule has 0 amide bonds. The van der Waals surface area contributed by atoms with Crippen LogP contribution in [-0.2, 0) is 0 Å². The molecule has 0 spiro atoms. The first-order chi connectivity index (χ1) is 6.93. The monoisotopic (exact) mass is 201 g/mol. The quantitative estimate of drug-likeness (QED) is 0.607. The van der Waals surface area contributed by atoms with Crippen LogP contribution in [0.4, 0.5) is 0 Å². The molecule has 1 radical (unpaired) electrons. The van der Waals surface area contributed by atoms with E-state index in [-0.39, 0.29) is 0 Å². The van der Waals surface area contributed by atoms with Gasteiger partial charge in [0.25, 0.3) is 6.39 Å². The van der Waals surface area contributed by atoms with Crippen LogP contribution in [0.15, 0.2) is 34.9 Å². The van der Waals surface area contributed by atoms with Gasteiger partial charge in [0.2, 0.25) is 0 Å². The van der Waals surface area contributed by atoms with Gasteiger partial charge < -0.3 is 4.42 Å². The Kier molecular flexibility index (Phi) is 1.61. The lowest BCUT2D eigenvalue weighted by Gasteiger charge is -1.81. The first-order valence-corrected chi connectivity index (χ1v) is 4.93. The molecule has 67 valence electrons. The summed E-state index contributed by atoms with van der Waals surface area (Å²) < 4.78 is 5.95. The molecular formula is C10H5N2OS. The molecule has 4 heteroatoms. The maximum Gasteiger partial charge on any atom is 0.284 e. The number of para-hydroxylation sites is 1. The van der Waals surface area contributed by atoms with Crippen LogP contribution in [-0.4, -0.2) is 9.97 Å². The van der Waals surface area contributed by atoms with Crippen molar-refractivity contribution in [1.29, 1.82) is 0 Å². The highest BCUT2D eigenvalue weighted by atomic mass is 32.1. The number of benzene rings is 1. The van der Waals surface area contributed by atoms with E-state index in [9.17, 15) is 0 Å². The van der Waals surface area contributed by atoms with Gasteiger partial charge >= 0.3 is 0 Å². The predicted molar refractivity (Wildman–Crippen MR) is 54.0 cm³/mol. The zero-order valence-corrected chi connectivity index (χ0v) is 7.91. The van der Waals surface area contributed by atoms with Crippen molar-refractivity contribution in [1.82, 2.24) is 9.97 Å². The molecule has 0 saturated carbocycles. The Hall–Kier alpha value is -1.68. The molecule has 1 aromatic carbocycles. The van der Waals surface area contributed by atoms with Crippen LogP contribution in [0.3, 0.4) is 0 Å². The number of hydrogen-bond donors (Lipinski definition) is 0. The van der Waals surface area contributed by atoms with Crippen molar-refractivity contribution in [2.75, 3.05) is 0 Å². The second kappa shape index (κ2) is 2.92. The molecule has 0 aliphatic carbocycles. The van der Waals surface area contributed by atoms with Gasteiger partial charge in [0.05, 0.1) is 10.2 Å². The minimum atomic E-state index is 0.742. The lowest BCUT2D eigenvalue weighted by Crippen LogP contribution is -1.72. The van der Waals surface area contributed by atoms with Crippen molar-refractivity contribution < 1.29 is 4.42 Å². The van der Waals surface area contributed by atoms with E-state index in [4.69, 9.17) is 4.42 Å². The van der Waals surface area contributed by atoms with E-state index >= 15 is 0 Å². The highest BCUT2D eigenvalue weighted by Gasteiger charge is 2.07. The first-order valence-electron chi connectivity index (χ1n) is 4.11. The van der Waals surface area contributed by atoms with Crippen LogP contribution in [0.5, 0.6) is 0 Å². The highest BCUT2D eigenvalue weighted by Crippen LogP contribution is 2.28. The summed E-state index contributed by atoms with van der Waals surface area (Å²) in [6.45, 7) is 0. The van der Waals surface area contributed by atoms with Crippen LogP contribution in [0.25, 0.3) is 20.9 Å². The van der Waals surface area contributed by atoms with E-state index < -0.39 is 0 Å². The van der Waals surface area contributed by atoms with Gasteiger partial charge in [-0.15, -0.1) is 11.3 Å². The second-order valence-electron chi connectivity index (χ2n) is 2.81. The molecule has 0 aliphatic rings. The van der Waals surface area contributed by atoms with Crippen molar-refractivity contribution in [3.63, 3.8) is 0 Å². The summed E-state index contributed by atoms with van der Waals surface area (Å²) in [5, 5.41) is 0.871. The van der Waals surface area contributed by atoms with E-state index in [1.54, 1.807) is 17.6 Å². The lowest BCUT2D eigenvalue weighted by molar-refractivity contribution is 0.548. The Morgan fingerprint density at radius 3 is 3.00 bits per heavy atom. The Morgan fingerprint density at radius 1 is 1.29 bits per heavy atom. The summed E-state index contributed by atoms with van der Waals surface area (Å²) >= 11 is 1.60. The molecule has 0 atom stereocenters. The number of aromatic nitrogens is 2. The van der Waals surface area contributed by atoms with Crippen molar-refractivity contribution in [2.45, 2.75) is 0 Å². The van der Waals surface area contributed by atoms with Gasteiger partial charge in [0.1, 0.15) is 17.0 Å². The molecule has 0 bridgehead atoms. The normalized spacial score (nSPS) is 10.9. The Bertz CT molecular complexity index is 523. The average Bonchev–Trinajstić information content (AvgIpc) is 2.86. The molecule has 3 rings (SSSR count). The Labute approximate surface area is 84.0 Å². The zero-order chi connectivity index (χ0) is 9.38. The van der Waals surface area contributed by atoms with Gasteiger partial charge in [0.15, 0.2) is 0 Å². The number of oxazole rings is 1. The maximum atomic E-state index is 4.80. The first kappa shape index (κ1) is 7.70. The summed E-state index contributed by atoms with van der Waals surface area (Å²) in [5.41, 5.74) is 1.74. The summed E-state index contributed by atoms with van der Waals surface area (Å²) in [7, 11) is 0. The van der Waals surface area contributed by atoms with Gasteiger partial charge in [-0.1, -0.05) is 12.1 Å². The molecule has 2 aromatic heterocycles. The van der Waals surface area contributed by atoms with Gasteiger partial charge in [-0.05, 0) is 12.1 Å². The van der Waals surface area contributed by atoms with Crippen molar-refractivity contribution in [3.8, 4) is 10.7 Å². The third-order valence-corrected chi connectivity index (χ3v) is 2.96. The molecule has 0 unspecified atom stereocenters. The fraction of sp³-hybridized carbons (Fsp3) is 0. The topological polar surface area (TPSA) is 38.9 Å². The van der Waals surface area contributed by atoms with E-state index in [0.29, 0.717) is 0 Å². The lowest BCUT2D eigenvalue weighted by atomic mass is 10.3. The number of rotatable bonds is 1. The third-order valence-electron chi connectivity index (χ3n) is 1.90. The summed E-state index contributed by atoms with van der Waals surface area (Å²) in [6.07, 6.45) is 3.97. The van der Waals surface area contributed by atoms with Gasteiger partial charge in [-0.3, -0.25) is 0 Å². The molecular weight excluding hydrogens is 196 g/mol. The number of nitrogens with zero attached hydrogens (tertiary/aromatic N) is 2. The van der Waals surface area contributed by atoms with Gasteiger partial charge in [-0.25, -0.2) is 9.97 Å². The summed E-state index contributed by atoms with van der Waals surface area (Å²) in [5.74, 6) is 0. The van der Waals surface area contributed by atoms with Crippen LogP contribution < -0.4 is 0 Å². The summed E-state index contributed by atoms with van der Waals surface area (Å²) in [4.78, 5) is 8.37. The SMILES string of the molecule is [c]1nc(-c2nc3ccccc3s2)co1. The van der Waals surface area contributed by atoms with E-state index in [2.05, 4.69) is 16.4 Å². The second-order valence-corrected chi connectivity index (χ2v) is 3.84. The van der Waals surface area contributed by atoms with Crippen LogP contribution in [0.1, 0.15) is 0 Å². The summed E-state index contributed by atoms with van der Waals surface area (Å²) in [6, 6.07) is 8.00. The van der Waals surface area contributed by atoms with Crippen LogP contribution in [0, 0.1) is 6.39 Å². The highest BCUT2D eigenvalue weighted by molar-refractivity contribution is 7.21. The molecule has 0 saturated heterocycles. The molecule has 0 aliphatic heterocycles. The maximum absolute atomic E-state index is 4.80. The van der Waals surface area contributed by atoms with E-state index in [1.807, 2.05) is 24.3 Å². The Morgan fingerprint density at radius 2 is 2.21 bits per heavy atom. The fourth-order valence-corrected chi connectivity index (χ4v) is 2.18. The minimum Gasteiger partial charge on any atom is -0.440 e. The predicted octanol–water partition coefficient (Wildman–Crippen LogP) is 2.75. The number of hydrogen-bond acceptors (Lipinski definition) is 4. The molecule has 0 fully saturated rings. The minimum absolute atomic E-state index is 0.742. The van der Waals surface area contributed by atoms with E-state index in [0.717, 1.165) is 20.9 Å². The number of fused-ring (bicyclic) bond motifs is 1. The van der Waals surface area contributed by atoms with Crippen LogP contribution >= 0.6 is 11.3 Å². The standard InChI is InChI=1S/C10H5N2OS/c1-2-4-9-7(3-1)12-10(14-9)8-5-13-6-11-8/h1-5H. The molecule has 3 aromatic rings. The van der Waals surface area contributed by atoms with Crippen molar-refractivity contribution >= 4 is 21.6 Å². The van der Waals surface area contributed by atoms with Crippen molar-refractivity contribution in [2.24, 2.45) is 0 Å². The van der Waals surface area contributed by atoms with Gasteiger partial charge in [-0.2, -0.15) is 0 Å².